The Bertz CT molecular complexity index is 1400. The number of amides is 1. The minimum Gasteiger partial charge on any atom is -0.493 e. The zero-order valence-corrected chi connectivity index (χ0v) is 21.1. The number of para-hydroxylation sites is 1. The Morgan fingerprint density at radius 1 is 1.05 bits per heavy atom. The molecule has 4 rings (SSSR count). The maximum absolute atomic E-state index is 13.4. The number of aliphatic hydroxyl groups is 1. The van der Waals surface area contributed by atoms with Crippen LogP contribution in [-0.2, 0) is 13.5 Å². The van der Waals surface area contributed by atoms with Crippen LogP contribution in [0.5, 0.6) is 11.5 Å². The van der Waals surface area contributed by atoms with E-state index in [2.05, 4.69) is 10.1 Å². The molecule has 200 valence electrons. The topological polar surface area (TPSA) is 72.7 Å². The smallest absolute Gasteiger partial charge is 0.493 e. The van der Waals surface area contributed by atoms with E-state index >= 15 is 0 Å². The summed E-state index contributed by atoms with van der Waals surface area (Å²) in [5, 5.41) is 14.0. The number of carbonyl (C=O) groups excluding carboxylic acids is 1. The van der Waals surface area contributed by atoms with Gasteiger partial charge in [-0.25, -0.2) is 0 Å². The Hall–Kier alpha value is -3.98. The number of ether oxygens (including phenoxy) is 2. The zero-order chi connectivity index (χ0) is 27.3. The first kappa shape index (κ1) is 27.1. The number of halogens is 3. The molecule has 9 heteroatoms. The van der Waals surface area contributed by atoms with Crippen molar-refractivity contribution in [1.29, 1.82) is 0 Å². The average Bonchev–Trinajstić information content (AvgIpc) is 3.21. The summed E-state index contributed by atoms with van der Waals surface area (Å²) in [6.07, 6.45) is -1.62. The van der Waals surface area contributed by atoms with E-state index in [0.717, 1.165) is 22.9 Å². The van der Waals surface area contributed by atoms with E-state index in [0.29, 0.717) is 29.9 Å². The van der Waals surface area contributed by atoms with E-state index in [-0.39, 0.29) is 17.9 Å². The summed E-state index contributed by atoms with van der Waals surface area (Å²) >= 11 is 0. The lowest BCUT2D eigenvalue weighted by Crippen LogP contribution is -2.39. The van der Waals surface area contributed by atoms with Crippen LogP contribution >= 0.6 is 0 Å². The van der Waals surface area contributed by atoms with Crippen molar-refractivity contribution in [2.24, 2.45) is 7.05 Å². The van der Waals surface area contributed by atoms with Crippen LogP contribution in [0.4, 0.5) is 13.2 Å². The van der Waals surface area contributed by atoms with E-state index in [4.69, 9.17) is 4.74 Å². The third-order valence-electron chi connectivity index (χ3n) is 6.11. The highest BCUT2D eigenvalue weighted by molar-refractivity contribution is 5.98. The van der Waals surface area contributed by atoms with E-state index in [1.54, 1.807) is 18.2 Å². The van der Waals surface area contributed by atoms with Crippen LogP contribution < -0.4 is 14.8 Å². The van der Waals surface area contributed by atoms with Gasteiger partial charge in [0.15, 0.2) is 0 Å². The SMILES string of the molecule is CCCOc1ccc(-c2ccc(OC(F)(F)F)cc2)cc1C(=O)N[C@@H](CO)Cc1cn(C)c2ccccc12. The summed E-state index contributed by atoms with van der Waals surface area (Å²) in [7, 11) is 1.95. The number of nitrogens with zero attached hydrogens (tertiary/aromatic N) is 1. The number of rotatable bonds is 10. The number of alkyl halides is 3. The maximum Gasteiger partial charge on any atom is 0.573 e. The van der Waals surface area contributed by atoms with Gasteiger partial charge in [-0.15, -0.1) is 13.2 Å². The molecule has 1 amide bonds. The fourth-order valence-electron chi connectivity index (χ4n) is 4.35. The van der Waals surface area contributed by atoms with E-state index < -0.39 is 18.3 Å². The number of aromatic nitrogens is 1. The van der Waals surface area contributed by atoms with Crippen molar-refractivity contribution in [2.45, 2.75) is 32.2 Å². The molecule has 0 saturated carbocycles. The molecule has 1 heterocycles. The standard InChI is InChI=1S/C29H29F3N2O4/c1-3-14-37-27-13-10-20(19-8-11-23(12-9-19)38-29(30,31)32)16-25(27)28(36)33-22(18-35)15-21-17-34(2)26-7-5-4-6-24(21)26/h4-13,16-17,22,35H,3,14-15,18H2,1-2H3,(H,33,36)/t22-/m1/s1. The first-order chi connectivity index (χ1) is 18.2. The van der Waals surface area contributed by atoms with Gasteiger partial charge in [0.25, 0.3) is 5.91 Å². The quantitative estimate of drug-likeness (QED) is 0.271. The lowest BCUT2D eigenvalue weighted by Gasteiger charge is -2.18. The van der Waals surface area contributed by atoms with Gasteiger partial charge in [-0.3, -0.25) is 4.79 Å². The fraction of sp³-hybridized carbons (Fsp3) is 0.276. The molecular formula is C29H29F3N2O4. The summed E-state index contributed by atoms with van der Waals surface area (Å²) < 4.78 is 49.2. The van der Waals surface area contributed by atoms with Crippen LogP contribution in [0.2, 0.25) is 0 Å². The Morgan fingerprint density at radius 3 is 2.45 bits per heavy atom. The van der Waals surface area contributed by atoms with Gasteiger partial charge in [0.1, 0.15) is 11.5 Å². The molecule has 2 N–H and O–H groups in total. The van der Waals surface area contributed by atoms with Crippen LogP contribution in [0.3, 0.4) is 0 Å². The van der Waals surface area contributed by atoms with Crippen LogP contribution in [0.25, 0.3) is 22.0 Å². The first-order valence-electron chi connectivity index (χ1n) is 12.3. The minimum absolute atomic E-state index is 0.263. The number of fused-ring (bicyclic) bond motifs is 1. The molecule has 38 heavy (non-hydrogen) atoms. The van der Waals surface area contributed by atoms with E-state index in [1.807, 2.05) is 49.0 Å². The van der Waals surface area contributed by atoms with E-state index in [1.165, 1.54) is 24.3 Å². The molecule has 0 radical (unpaired) electrons. The lowest BCUT2D eigenvalue weighted by molar-refractivity contribution is -0.274. The highest BCUT2D eigenvalue weighted by Gasteiger charge is 2.31. The predicted octanol–water partition coefficient (Wildman–Crippen LogP) is 5.87. The summed E-state index contributed by atoms with van der Waals surface area (Å²) in [5.41, 5.74) is 3.54. The molecule has 0 spiro atoms. The largest absolute Gasteiger partial charge is 0.573 e. The molecule has 4 aromatic rings. The second kappa shape index (κ2) is 11.6. The summed E-state index contributed by atoms with van der Waals surface area (Å²) in [5.74, 6) is -0.373. The van der Waals surface area contributed by atoms with Crippen molar-refractivity contribution < 1.29 is 32.5 Å². The van der Waals surface area contributed by atoms with Gasteiger partial charge in [0, 0.05) is 24.1 Å². The Kier molecular flexibility index (Phi) is 8.26. The van der Waals surface area contributed by atoms with Crippen LogP contribution in [0.15, 0.2) is 72.9 Å². The molecule has 0 aliphatic rings. The van der Waals surface area contributed by atoms with Gasteiger partial charge < -0.3 is 24.5 Å². The third kappa shape index (κ3) is 6.47. The molecule has 1 aromatic heterocycles. The molecule has 0 fully saturated rings. The summed E-state index contributed by atoms with van der Waals surface area (Å²) in [4.78, 5) is 13.4. The number of hydrogen-bond donors (Lipinski definition) is 2. The minimum atomic E-state index is -4.78. The monoisotopic (exact) mass is 526 g/mol. The van der Waals surface area contributed by atoms with Crippen molar-refractivity contribution in [3.8, 4) is 22.6 Å². The molecule has 1 atom stereocenters. The Balaban J connectivity index is 1.58. The molecule has 0 bridgehead atoms. The third-order valence-corrected chi connectivity index (χ3v) is 6.11. The number of aliphatic hydroxyl groups excluding tert-OH is 1. The van der Waals surface area contributed by atoms with Gasteiger partial charge in [0.2, 0.25) is 0 Å². The summed E-state index contributed by atoms with van der Waals surface area (Å²) in [6.45, 7) is 2.09. The van der Waals surface area contributed by atoms with Gasteiger partial charge in [-0.05, 0) is 59.9 Å². The number of hydrogen-bond acceptors (Lipinski definition) is 4. The highest BCUT2D eigenvalue weighted by atomic mass is 19.4. The number of benzene rings is 3. The van der Waals surface area contributed by atoms with Crippen molar-refractivity contribution in [3.05, 3.63) is 84.1 Å². The molecular weight excluding hydrogens is 497 g/mol. The molecule has 0 aliphatic heterocycles. The van der Waals surface area contributed by atoms with Gasteiger partial charge in [-0.1, -0.05) is 43.3 Å². The molecule has 6 nitrogen and oxygen atoms in total. The fourth-order valence-corrected chi connectivity index (χ4v) is 4.35. The van der Waals surface area contributed by atoms with Crippen LogP contribution in [0, 0.1) is 0 Å². The Labute approximate surface area is 218 Å². The van der Waals surface area contributed by atoms with Crippen LogP contribution in [0.1, 0.15) is 29.3 Å². The molecule has 0 aliphatic carbocycles. The second-order valence-electron chi connectivity index (χ2n) is 8.97. The van der Waals surface area contributed by atoms with Crippen molar-refractivity contribution in [2.75, 3.05) is 13.2 Å². The van der Waals surface area contributed by atoms with Crippen molar-refractivity contribution in [3.63, 3.8) is 0 Å². The van der Waals surface area contributed by atoms with Gasteiger partial charge in [0.05, 0.1) is 24.8 Å². The molecule has 3 aromatic carbocycles. The zero-order valence-electron chi connectivity index (χ0n) is 21.1. The van der Waals surface area contributed by atoms with Gasteiger partial charge in [-0.2, -0.15) is 0 Å². The average molecular weight is 527 g/mol. The number of nitrogens with one attached hydrogen (secondary N) is 1. The second-order valence-corrected chi connectivity index (χ2v) is 8.97. The number of carbonyl (C=O) groups is 1. The van der Waals surface area contributed by atoms with Gasteiger partial charge >= 0.3 is 6.36 Å². The lowest BCUT2D eigenvalue weighted by atomic mass is 10.0. The Morgan fingerprint density at radius 2 is 1.76 bits per heavy atom. The van der Waals surface area contributed by atoms with E-state index in [9.17, 15) is 23.1 Å². The van der Waals surface area contributed by atoms with Crippen LogP contribution in [-0.4, -0.2) is 41.2 Å². The maximum atomic E-state index is 13.4. The summed E-state index contributed by atoms with van der Waals surface area (Å²) in [6, 6.07) is 17.8. The normalized spacial score (nSPS) is 12.4. The molecule has 0 unspecified atom stereocenters. The number of aryl methyl sites for hydroxylation is 1. The van der Waals surface area contributed by atoms with Crippen molar-refractivity contribution in [1.82, 2.24) is 9.88 Å². The van der Waals surface area contributed by atoms with Crippen molar-refractivity contribution >= 4 is 16.8 Å². The molecule has 0 saturated heterocycles. The first-order valence-corrected chi connectivity index (χ1v) is 12.3. The predicted molar refractivity (Wildman–Crippen MR) is 139 cm³/mol. The highest BCUT2D eigenvalue weighted by Crippen LogP contribution is 2.30.